The predicted molar refractivity (Wildman–Crippen MR) is 77.9 cm³/mol. The molecule has 3 nitrogen and oxygen atoms in total. The first kappa shape index (κ1) is 13.3. The second-order valence-corrected chi connectivity index (χ2v) is 4.65. The molecule has 19 heavy (non-hydrogen) atoms. The van der Waals surface area contributed by atoms with Gasteiger partial charge in [0.15, 0.2) is 0 Å². The minimum absolute atomic E-state index is 0.125. The Hall–Kier alpha value is -2.16. The number of hydrogen-bond acceptors (Lipinski definition) is 3. The zero-order chi connectivity index (χ0) is 13.8. The number of nitrogens with one attached hydrogen (secondary N) is 1. The summed E-state index contributed by atoms with van der Waals surface area (Å²) >= 11 is 0. The van der Waals surface area contributed by atoms with Gasteiger partial charge in [0, 0.05) is 11.7 Å². The Morgan fingerprint density at radius 2 is 1.95 bits per heavy atom. The van der Waals surface area contributed by atoms with Gasteiger partial charge in [0.2, 0.25) is 0 Å². The van der Waals surface area contributed by atoms with Crippen LogP contribution in [-0.4, -0.2) is 12.2 Å². The summed E-state index contributed by atoms with van der Waals surface area (Å²) in [5.41, 5.74) is 3.18. The van der Waals surface area contributed by atoms with Crippen molar-refractivity contribution in [3.63, 3.8) is 0 Å². The Kier molecular flexibility index (Phi) is 3.95. The van der Waals surface area contributed by atoms with Gasteiger partial charge in [-0.25, -0.2) is 0 Å². The van der Waals surface area contributed by atoms with Crippen molar-refractivity contribution in [2.75, 3.05) is 12.4 Å². The lowest BCUT2D eigenvalue weighted by Gasteiger charge is -2.17. The number of ether oxygens (including phenoxy) is 1. The van der Waals surface area contributed by atoms with Crippen molar-refractivity contribution in [3.05, 3.63) is 53.6 Å². The van der Waals surface area contributed by atoms with E-state index < -0.39 is 0 Å². The summed E-state index contributed by atoms with van der Waals surface area (Å²) in [4.78, 5) is 0. The first-order chi connectivity index (χ1) is 9.10. The summed E-state index contributed by atoms with van der Waals surface area (Å²) in [7, 11) is 1.67. The first-order valence-electron chi connectivity index (χ1n) is 6.30. The van der Waals surface area contributed by atoms with E-state index in [0.717, 1.165) is 22.6 Å². The van der Waals surface area contributed by atoms with Crippen LogP contribution in [0, 0.1) is 6.92 Å². The second-order valence-electron chi connectivity index (χ2n) is 4.65. The molecular weight excluding hydrogens is 238 g/mol. The standard InChI is InChI=1S/C16H19NO2/c1-11-9-14(7-8-16(11)19-3)17-12(2)13-5-4-6-15(18)10-13/h4-10,12,17-18H,1-3H3. The summed E-state index contributed by atoms with van der Waals surface area (Å²) in [5.74, 6) is 1.17. The molecular formula is C16H19NO2. The van der Waals surface area contributed by atoms with E-state index in [1.807, 2.05) is 31.2 Å². The van der Waals surface area contributed by atoms with Gasteiger partial charge in [-0.1, -0.05) is 12.1 Å². The van der Waals surface area contributed by atoms with Gasteiger partial charge < -0.3 is 15.2 Å². The zero-order valence-corrected chi connectivity index (χ0v) is 11.5. The average Bonchev–Trinajstić information content (AvgIpc) is 2.39. The van der Waals surface area contributed by atoms with Crippen LogP contribution in [0.5, 0.6) is 11.5 Å². The third-order valence-electron chi connectivity index (χ3n) is 3.15. The molecule has 2 aromatic carbocycles. The van der Waals surface area contributed by atoms with Crippen LogP contribution in [0.2, 0.25) is 0 Å². The molecule has 3 heteroatoms. The van der Waals surface area contributed by atoms with Crippen LogP contribution in [0.25, 0.3) is 0 Å². The molecule has 0 bridgehead atoms. The van der Waals surface area contributed by atoms with Crippen molar-refractivity contribution in [2.24, 2.45) is 0 Å². The van der Waals surface area contributed by atoms with Crippen LogP contribution in [0.3, 0.4) is 0 Å². The average molecular weight is 257 g/mol. The van der Waals surface area contributed by atoms with Crippen LogP contribution in [0.1, 0.15) is 24.1 Å². The lowest BCUT2D eigenvalue weighted by molar-refractivity contribution is 0.412. The van der Waals surface area contributed by atoms with Crippen molar-refractivity contribution in [1.29, 1.82) is 0 Å². The molecule has 2 aromatic rings. The summed E-state index contributed by atoms with van der Waals surface area (Å²) < 4.78 is 5.24. The Labute approximate surface area is 113 Å². The van der Waals surface area contributed by atoms with Gasteiger partial charge in [-0.3, -0.25) is 0 Å². The van der Waals surface area contributed by atoms with Crippen LogP contribution in [-0.2, 0) is 0 Å². The fraction of sp³-hybridized carbons (Fsp3) is 0.250. The van der Waals surface area contributed by atoms with Crippen molar-refractivity contribution < 1.29 is 9.84 Å². The third kappa shape index (κ3) is 3.19. The molecule has 2 rings (SSSR count). The number of phenols is 1. The Bertz CT molecular complexity index is 566. The van der Waals surface area contributed by atoms with Gasteiger partial charge in [-0.2, -0.15) is 0 Å². The minimum Gasteiger partial charge on any atom is -0.508 e. The van der Waals surface area contributed by atoms with E-state index in [2.05, 4.69) is 18.3 Å². The van der Waals surface area contributed by atoms with Crippen LogP contribution < -0.4 is 10.1 Å². The lowest BCUT2D eigenvalue weighted by atomic mass is 10.1. The predicted octanol–water partition coefficient (Wildman–Crippen LogP) is 3.88. The largest absolute Gasteiger partial charge is 0.508 e. The van der Waals surface area contributed by atoms with Gasteiger partial charge in [0.05, 0.1) is 7.11 Å². The van der Waals surface area contributed by atoms with Crippen molar-refractivity contribution in [2.45, 2.75) is 19.9 Å². The van der Waals surface area contributed by atoms with E-state index in [9.17, 15) is 5.11 Å². The summed E-state index contributed by atoms with van der Waals surface area (Å²) in [6.45, 7) is 4.08. The van der Waals surface area contributed by atoms with Crippen molar-refractivity contribution >= 4 is 5.69 Å². The van der Waals surface area contributed by atoms with E-state index >= 15 is 0 Å². The number of aromatic hydroxyl groups is 1. The van der Waals surface area contributed by atoms with Crippen molar-refractivity contribution in [1.82, 2.24) is 0 Å². The molecule has 0 aromatic heterocycles. The molecule has 1 unspecified atom stereocenters. The molecule has 0 saturated heterocycles. The quantitative estimate of drug-likeness (QED) is 0.873. The molecule has 0 aliphatic heterocycles. The van der Waals surface area contributed by atoms with Crippen LogP contribution in [0.15, 0.2) is 42.5 Å². The maximum atomic E-state index is 9.50. The Morgan fingerprint density at radius 1 is 1.16 bits per heavy atom. The fourth-order valence-electron chi connectivity index (χ4n) is 2.10. The lowest BCUT2D eigenvalue weighted by Crippen LogP contribution is -2.06. The van der Waals surface area contributed by atoms with Gasteiger partial charge in [-0.05, 0) is 55.3 Å². The molecule has 0 aliphatic carbocycles. The van der Waals surface area contributed by atoms with Gasteiger partial charge in [0.1, 0.15) is 11.5 Å². The molecule has 0 spiro atoms. The number of aryl methyl sites for hydroxylation is 1. The molecule has 0 radical (unpaired) electrons. The van der Waals surface area contributed by atoms with E-state index in [-0.39, 0.29) is 11.8 Å². The number of methoxy groups -OCH3 is 1. The molecule has 100 valence electrons. The highest BCUT2D eigenvalue weighted by atomic mass is 16.5. The second kappa shape index (κ2) is 5.65. The Morgan fingerprint density at radius 3 is 2.58 bits per heavy atom. The minimum atomic E-state index is 0.125. The molecule has 0 heterocycles. The normalized spacial score (nSPS) is 11.9. The van der Waals surface area contributed by atoms with E-state index in [1.54, 1.807) is 19.2 Å². The van der Waals surface area contributed by atoms with Crippen LogP contribution >= 0.6 is 0 Å². The molecule has 2 N–H and O–H groups in total. The molecule has 1 atom stereocenters. The van der Waals surface area contributed by atoms with Crippen molar-refractivity contribution in [3.8, 4) is 11.5 Å². The SMILES string of the molecule is COc1ccc(NC(C)c2cccc(O)c2)cc1C. The Balaban J connectivity index is 2.14. The highest BCUT2D eigenvalue weighted by Gasteiger charge is 2.07. The smallest absolute Gasteiger partial charge is 0.121 e. The third-order valence-corrected chi connectivity index (χ3v) is 3.15. The number of rotatable bonds is 4. The zero-order valence-electron chi connectivity index (χ0n) is 11.5. The molecule has 0 saturated carbocycles. The molecule has 0 aliphatic rings. The number of anilines is 1. The van der Waals surface area contributed by atoms with E-state index in [4.69, 9.17) is 4.74 Å². The highest BCUT2D eigenvalue weighted by molar-refractivity contribution is 5.52. The monoisotopic (exact) mass is 257 g/mol. The van der Waals surface area contributed by atoms with Gasteiger partial charge in [0.25, 0.3) is 0 Å². The highest BCUT2D eigenvalue weighted by Crippen LogP contribution is 2.26. The fourth-order valence-corrected chi connectivity index (χ4v) is 2.10. The van der Waals surface area contributed by atoms with Gasteiger partial charge in [-0.15, -0.1) is 0 Å². The molecule has 0 fully saturated rings. The number of phenolic OH excluding ortho intramolecular Hbond substituents is 1. The van der Waals surface area contributed by atoms with E-state index in [1.165, 1.54) is 0 Å². The maximum Gasteiger partial charge on any atom is 0.121 e. The topological polar surface area (TPSA) is 41.5 Å². The van der Waals surface area contributed by atoms with E-state index in [0.29, 0.717) is 0 Å². The summed E-state index contributed by atoms with van der Waals surface area (Å²) in [6.07, 6.45) is 0. The summed E-state index contributed by atoms with van der Waals surface area (Å²) in [6, 6.07) is 13.4. The summed E-state index contributed by atoms with van der Waals surface area (Å²) in [5, 5.41) is 12.9. The maximum absolute atomic E-state index is 9.50. The molecule has 0 amide bonds. The van der Waals surface area contributed by atoms with Crippen LogP contribution in [0.4, 0.5) is 5.69 Å². The van der Waals surface area contributed by atoms with Gasteiger partial charge >= 0.3 is 0 Å². The number of benzene rings is 2. The first-order valence-corrected chi connectivity index (χ1v) is 6.30. The number of hydrogen-bond donors (Lipinski definition) is 2.